The van der Waals surface area contributed by atoms with E-state index < -0.39 is 6.04 Å². The average molecular weight is 332 g/mol. The fourth-order valence-corrected chi connectivity index (χ4v) is 2.91. The van der Waals surface area contributed by atoms with E-state index in [2.05, 4.69) is 5.32 Å². The number of hydrogen-bond acceptors (Lipinski definition) is 5. The SMILES string of the molecule is COC(=O)CC(NC(=O)c1cccc(N(C)C)c1)c1cccs1. The fourth-order valence-electron chi connectivity index (χ4n) is 2.13. The summed E-state index contributed by atoms with van der Waals surface area (Å²) in [4.78, 5) is 27.0. The Morgan fingerprint density at radius 2 is 2.04 bits per heavy atom. The van der Waals surface area contributed by atoms with Crippen molar-refractivity contribution >= 4 is 28.9 Å². The van der Waals surface area contributed by atoms with Crippen LogP contribution in [-0.2, 0) is 9.53 Å². The summed E-state index contributed by atoms with van der Waals surface area (Å²) in [6.07, 6.45) is 0.107. The number of carbonyl (C=O) groups excluding carboxylic acids is 2. The van der Waals surface area contributed by atoms with Crippen LogP contribution in [0, 0.1) is 0 Å². The summed E-state index contributed by atoms with van der Waals surface area (Å²) in [7, 11) is 5.18. The van der Waals surface area contributed by atoms with Crippen LogP contribution < -0.4 is 10.2 Å². The van der Waals surface area contributed by atoms with Crippen molar-refractivity contribution in [3.63, 3.8) is 0 Å². The molecule has 0 saturated carbocycles. The van der Waals surface area contributed by atoms with Crippen molar-refractivity contribution in [3.8, 4) is 0 Å². The van der Waals surface area contributed by atoms with Gasteiger partial charge >= 0.3 is 5.97 Å². The number of nitrogens with zero attached hydrogens (tertiary/aromatic N) is 1. The predicted octanol–water partition coefficient (Wildman–Crippen LogP) is 2.85. The van der Waals surface area contributed by atoms with Crippen molar-refractivity contribution in [2.45, 2.75) is 12.5 Å². The Morgan fingerprint density at radius 3 is 2.65 bits per heavy atom. The van der Waals surface area contributed by atoms with E-state index in [1.54, 1.807) is 6.07 Å². The summed E-state index contributed by atoms with van der Waals surface area (Å²) in [5, 5.41) is 4.83. The van der Waals surface area contributed by atoms with Gasteiger partial charge < -0.3 is 15.0 Å². The highest BCUT2D eigenvalue weighted by molar-refractivity contribution is 7.10. The molecule has 0 radical (unpaired) electrons. The molecular weight excluding hydrogens is 312 g/mol. The van der Waals surface area contributed by atoms with E-state index in [4.69, 9.17) is 4.74 Å². The normalized spacial score (nSPS) is 11.6. The third-order valence-electron chi connectivity index (χ3n) is 3.42. The molecule has 1 atom stereocenters. The molecule has 1 unspecified atom stereocenters. The number of nitrogens with one attached hydrogen (secondary N) is 1. The van der Waals surface area contributed by atoms with Crippen molar-refractivity contribution in [1.29, 1.82) is 0 Å². The second-order valence-corrected chi connectivity index (χ2v) is 6.25. The molecular formula is C17H20N2O3S. The van der Waals surface area contributed by atoms with Gasteiger partial charge in [0.2, 0.25) is 0 Å². The number of hydrogen-bond donors (Lipinski definition) is 1. The summed E-state index contributed by atoms with van der Waals surface area (Å²) in [6.45, 7) is 0. The van der Waals surface area contributed by atoms with Gasteiger partial charge in [0.15, 0.2) is 0 Å². The van der Waals surface area contributed by atoms with Gasteiger partial charge in [-0.15, -0.1) is 11.3 Å². The second-order valence-electron chi connectivity index (χ2n) is 5.27. The van der Waals surface area contributed by atoms with Crippen molar-refractivity contribution in [1.82, 2.24) is 5.32 Å². The van der Waals surface area contributed by atoms with Crippen molar-refractivity contribution < 1.29 is 14.3 Å². The van der Waals surface area contributed by atoms with Crippen LogP contribution in [0.3, 0.4) is 0 Å². The molecule has 1 heterocycles. The van der Waals surface area contributed by atoms with Gasteiger partial charge in [-0.05, 0) is 29.6 Å². The number of methoxy groups -OCH3 is 1. The molecule has 1 aromatic heterocycles. The van der Waals surface area contributed by atoms with Gasteiger partial charge in [-0.1, -0.05) is 12.1 Å². The highest BCUT2D eigenvalue weighted by atomic mass is 32.1. The molecule has 122 valence electrons. The lowest BCUT2D eigenvalue weighted by Gasteiger charge is -2.18. The quantitative estimate of drug-likeness (QED) is 0.827. The number of amides is 1. The highest BCUT2D eigenvalue weighted by Crippen LogP contribution is 2.23. The lowest BCUT2D eigenvalue weighted by molar-refractivity contribution is -0.141. The summed E-state index contributed by atoms with van der Waals surface area (Å²) in [6, 6.07) is 10.7. The highest BCUT2D eigenvalue weighted by Gasteiger charge is 2.20. The lowest BCUT2D eigenvalue weighted by atomic mass is 10.1. The van der Waals surface area contributed by atoms with Crippen LogP contribution in [0.25, 0.3) is 0 Å². The minimum absolute atomic E-state index is 0.107. The molecule has 23 heavy (non-hydrogen) atoms. The van der Waals surface area contributed by atoms with Gasteiger partial charge in [0.1, 0.15) is 0 Å². The standard InChI is InChI=1S/C17H20N2O3S/c1-19(2)13-7-4-6-12(10-13)17(21)18-14(11-16(20)22-3)15-8-5-9-23-15/h4-10,14H,11H2,1-3H3,(H,18,21). The van der Waals surface area contributed by atoms with Crippen molar-refractivity contribution in [2.24, 2.45) is 0 Å². The molecule has 0 spiro atoms. The van der Waals surface area contributed by atoms with Crippen LogP contribution in [0.1, 0.15) is 27.7 Å². The maximum Gasteiger partial charge on any atom is 0.307 e. The van der Waals surface area contributed by atoms with Gasteiger partial charge in [0.05, 0.1) is 19.6 Å². The van der Waals surface area contributed by atoms with E-state index in [1.807, 2.05) is 54.7 Å². The number of carbonyl (C=O) groups is 2. The summed E-state index contributed by atoms with van der Waals surface area (Å²) >= 11 is 1.50. The van der Waals surface area contributed by atoms with Gasteiger partial charge in [-0.25, -0.2) is 0 Å². The monoisotopic (exact) mass is 332 g/mol. The minimum atomic E-state index is -0.391. The third-order valence-corrected chi connectivity index (χ3v) is 4.40. The Kier molecular flexibility index (Phi) is 5.76. The summed E-state index contributed by atoms with van der Waals surface area (Å²) in [5.41, 5.74) is 1.50. The van der Waals surface area contributed by atoms with Crippen LogP contribution in [0.4, 0.5) is 5.69 Å². The second kappa shape index (κ2) is 7.78. The molecule has 6 heteroatoms. The van der Waals surface area contributed by atoms with Crippen LogP contribution in [0.2, 0.25) is 0 Å². The number of thiophene rings is 1. The zero-order chi connectivity index (χ0) is 16.8. The predicted molar refractivity (Wildman–Crippen MR) is 91.9 cm³/mol. The summed E-state index contributed by atoms with van der Waals surface area (Å²) in [5.74, 6) is -0.568. The summed E-state index contributed by atoms with van der Waals surface area (Å²) < 4.78 is 4.72. The molecule has 1 aromatic carbocycles. The zero-order valence-corrected chi connectivity index (χ0v) is 14.2. The Hall–Kier alpha value is -2.34. The molecule has 0 aliphatic carbocycles. The average Bonchev–Trinajstić information content (AvgIpc) is 3.08. The molecule has 2 rings (SSSR count). The lowest BCUT2D eigenvalue weighted by Crippen LogP contribution is -2.30. The zero-order valence-electron chi connectivity index (χ0n) is 13.4. The van der Waals surface area contributed by atoms with Crippen LogP contribution in [0.15, 0.2) is 41.8 Å². The maximum atomic E-state index is 12.5. The van der Waals surface area contributed by atoms with E-state index in [9.17, 15) is 9.59 Å². The first kappa shape index (κ1) is 17.0. The number of esters is 1. The first-order valence-electron chi connectivity index (χ1n) is 7.19. The van der Waals surface area contributed by atoms with Crippen molar-refractivity contribution in [3.05, 3.63) is 52.2 Å². The molecule has 1 N–H and O–H groups in total. The van der Waals surface area contributed by atoms with E-state index in [0.29, 0.717) is 5.56 Å². The molecule has 0 fully saturated rings. The Bertz CT molecular complexity index is 668. The van der Waals surface area contributed by atoms with E-state index in [1.165, 1.54) is 18.4 Å². The first-order chi connectivity index (χ1) is 11.0. The molecule has 0 aliphatic rings. The molecule has 0 aliphatic heterocycles. The van der Waals surface area contributed by atoms with Crippen LogP contribution >= 0.6 is 11.3 Å². The van der Waals surface area contributed by atoms with E-state index >= 15 is 0 Å². The first-order valence-corrected chi connectivity index (χ1v) is 8.07. The topological polar surface area (TPSA) is 58.6 Å². The number of rotatable bonds is 6. The van der Waals surface area contributed by atoms with Crippen LogP contribution in [0.5, 0.6) is 0 Å². The number of ether oxygens (including phenoxy) is 1. The Morgan fingerprint density at radius 1 is 1.26 bits per heavy atom. The smallest absolute Gasteiger partial charge is 0.307 e. The Balaban J connectivity index is 2.17. The minimum Gasteiger partial charge on any atom is -0.469 e. The fraction of sp³-hybridized carbons (Fsp3) is 0.294. The largest absolute Gasteiger partial charge is 0.469 e. The Labute approximate surface area is 139 Å². The molecule has 1 amide bonds. The van der Waals surface area contributed by atoms with Gasteiger partial charge in [0, 0.05) is 30.2 Å². The van der Waals surface area contributed by atoms with Gasteiger partial charge in [-0.2, -0.15) is 0 Å². The van der Waals surface area contributed by atoms with Crippen molar-refractivity contribution in [2.75, 3.05) is 26.1 Å². The maximum absolute atomic E-state index is 12.5. The number of anilines is 1. The van der Waals surface area contributed by atoms with E-state index in [0.717, 1.165) is 10.6 Å². The van der Waals surface area contributed by atoms with Gasteiger partial charge in [-0.3, -0.25) is 9.59 Å². The molecule has 0 bridgehead atoms. The van der Waals surface area contributed by atoms with Gasteiger partial charge in [0.25, 0.3) is 5.91 Å². The third kappa shape index (κ3) is 4.56. The van der Waals surface area contributed by atoms with Crippen LogP contribution in [-0.4, -0.2) is 33.1 Å². The molecule has 0 saturated heterocycles. The number of benzene rings is 1. The van der Waals surface area contributed by atoms with E-state index in [-0.39, 0.29) is 18.3 Å². The molecule has 5 nitrogen and oxygen atoms in total. The molecule has 2 aromatic rings.